The van der Waals surface area contributed by atoms with Gasteiger partial charge in [0.25, 0.3) is 0 Å². The first-order valence-corrected chi connectivity index (χ1v) is 4.42. The fraction of sp³-hybridized carbons (Fsp3) is 0.750. The van der Waals surface area contributed by atoms with E-state index in [4.69, 9.17) is 10.3 Å². The van der Waals surface area contributed by atoms with Crippen LogP contribution >= 0.6 is 0 Å². The zero-order valence-electron chi connectivity index (χ0n) is 8.02. The standard InChI is InChI=1S/C8H13N3O4/c1-2-3-8(14)7(13)6(12)5(4-15-8)10-11-9/h2,5-7,12-14H,1,3-4H2/t5-,6-,7-,8+/m1/s1. The van der Waals surface area contributed by atoms with E-state index in [0.717, 1.165) is 0 Å². The molecule has 0 saturated carbocycles. The lowest BCUT2D eigenvalue weighted by Gasteiger charge is -2.41. The lowest BCUT2D eigenvalue weighted by atomic mass is 9.93. The third-order valence-corrected chi connectivity index (χ3v) is 2.32. The molecule has 7 nitrogen and oxygen atoms in total. The third kappa shape index (κ3) is 2.28. The van der Waals surface area contributed by atoms with Gasteiger partial charge < -0.3 is 20.1 Å². The molecule has 15 heavy (non-hydrogen) atoms. The van der Waals surface area contributed by atoms with Crippen molar-refractivity contribution >= 4 is 0 Å². The summed E-state index contributed by atoms with van der Waals surface area (Å²) < 4.78 is 4.96. The van der Waals surface area contributed by atoms with Crippen LogP contribution < -0.4 is 0 Å². The van der Waals surface area contributed by atoms with Gasteiger partial charge in [-0.2, -0.15) is 0 Å². The van der Waals surface area contributed by atoms with Crippen molar-refractivity contribution in [3.63, 3.8) is 0 Å². The number of rotatable bonds is 3. The Bertz CT molecular complexity index is 292. The van der Waals surface area contributed by atoms with Crippen LogP contribution in [0, 0.1) is 0 Å². The number of azide groups is 1. The molecule has 0 spiro atoms. The van der Waals surface area contributed by atoms with Gasteiger partial charge >= 0.3 is 0 Å². The first-order chi connectivity index (χ1) is 7.05. The predicted molar refractivity (Wildman–Crippen MR) is 50.7 cm³/mol. The van der Waals surface area contributed by atoms with Crippen LogP contribution in [0.1, 0.15) is 6.42 Å². The van der Waals surface area contributed by atoms with Gasteiger partial charge in [0.2, 0.25) is 0 Å². The first kappa shape index (κ1) is 12.0. The van der Waals surface area contributed by atoms with E-state index in [1.165, 1.54) is 6.08 Å². The van der Waals surface area contributed by atoms with Gasteiger partial charge in [-0.15, -0.1) is 6.58 Å². The Morgan fingerprint density at radius 3 is 2.87 bits per heavy atom. The van der Waals surface area contributed by atoms with Gasteiger partial charge in [-0.25, -0.2) is 0 Å². The molecule has 1 heterocycles. The Kier molecular flexibility index (Phi) is 3.67. The summed E-state index contributed by atoms with van der Waals surface area (Å²) in [4.78, 5) is 2.51. The second-order valence-electron chi connectivity index (χ2n) is 3.36. The summed E-state index contributed by atoms with van der Waals surface area (Å²) in [6.07, 6.45) is -1.53. The van der Waals surface area contributed by atoms with E-state index in [2.05, 4.69) is 16.6 Å². The molecule has 0 aromatic carbocycles. The van der Waals surface area contributed by atoms with Crippen LogP contribution in [0.3, 0.4) is 0 Å². The van der Waals surface area contributed by atoms with Crippen LogP contribution in [-0.2, 0) is 4.74 Å². The molecule has 0 unspecified atom stereocenters. The lowest BCUT2D eigenvalue weighted by Crippen LogP contribution is -2.60. The highest BCUT2D eigenvalue weighted by molar-refractivity contribution is 4.97. The van der Waals surface area contributed by atoms with Crippen molar-refractivity contribution in [3.8, 4) is 0 Å². The van der Waals surface area contributed by atoms with E-state index in [1.807, 2.05) is 0 Å². The maximum Gasteiger partial charge on any atom is 0.198 e. The molecule has 1 fully saturated rings. The summed E-state index contributed by atoms with van der Waals surface area (Å²) in [6, 6.07) is -0.893. The van der Waals surface area contributed by atoms with Crippen LogP contribution in [0.15, 0.2) is 17.8 Å². The van der Waals surface area contributed by atoms with Crippen molar-refractivity contribution in [1.29, 1.82) is 0 Å². The molecular formula is C8H13N3O4. The first-order valence-electron chi connectivity index (χ1n) is 4.42. The number of ether oxygens (including phenoxy) is 1. The van der Waals surface area contributed by atoms with Crippen LogP contribution in [0.5, 0.6) is 0 Å². The fourth-order valence-electron chi connectivity index (χ4n) is 1.45. The summed E-state index contributed by atoms with van der Waals surface area (Å²) >= 11 is 0. The Morgan fingerprint density at radius 2 is 2.33 bits per heavy atom. The summed E-state index contributed by atoms with van der Waals surface area (Å²) in [5.74, 6) is -1.86. The molecule has 1 aliphatic rings. The van der Waals surface area contributed by atoms with E-state index < -0.39 is 24.0 Å². The molecular weight excluding hydrogens is 202 g/mol. The van der Waals surface area contributed by atoms with E-state index in [0.29, 0.717) is 0 Å². The summed E-state index contributed by atoms with van der Waals surface area (Å²) in [7, 11) is 0. The highest BCUT2D eigenvalue weighted by Gasteiger charge is 2.47. The largest absolute Gasteiger partial charge is 0.390 e. The zero-order chi connectivity index (χ0) is 11.5. The van der Waals surface area contributed by atoms with Gasteiger partial charge in [0.1, 0.15) is 6.10 Å². The van der Waals surface area contributed by atoms with Crippen LogP contribution in [0.2, 0.25) is 0 Å². The summed E-state index contributed by atoms with van der Waals surface area (Å²) in [6.45, 7) is 3.25. The maximum absolute atomic E-state index is 9.76. The van der Waals surface area contributed by atoms with Gasteiger partial charge in [0.05, 0.1) is 18.8 Å². The van der Waals surface area contributed by atoms with Crippen molar-refractivity contribution in [1.82, 2.24) is 0 Å². The smallest absolute Gasteiger partial charge is 0.198 e. The van der Waals surface area contributed by atoms with Crippen molar-refractivity contribution in [2.45, 2.75) is 30.5 Å². The molecule has 1 aliphatic heterocycles. The molecule has 7 heteroatoms. The second-order valence-corrected chi connectivity index (χ2v) is 3.36. The van der Waals surface area contributed by atoms with Crippen molar-refractivity contribution in [2.75, 3.05) is 6.61 Å². The van der Waals surface area contributed by atoms with Crippen molar-refractivity contribution in [2.24, 2.45) is 5.11 Å². The molecule has 3 N–H and O–H groups in total. The minimum atomic E-state index is -1.86. The lowest BCUT2D eigenvalue weighted by molar-refractivity contribution is -0.301. The Hall–Kier alpha value is -1.11. The topological polar surface area (TPSA) is 119 Å². The SMILES string of the molecule is C=CC[C@]1(O)OC[C@@H](N=[N+]=[N-])[C@@H](O)[C@H]1O. The highest BCUT2D eigenvalue weighted by atomic mass is 16.6. The zero-order valence-corrected chi connectivity index (χ0v) is 8.02. The van der Waals surface area contributed by atoms with Crippen molar-refractivity contribution < 1.29 is 20.1 Å². The molecule has 1 rings (SSSR count). The molecule has 0 aliphatic carbocycles. The van der Waals surface area contributed by atoms with Gasteiger partial charge in [-0.3, -0.25) is 0 Å². The monoisotopic (exact) mass is 215 g/mol. The van der Waals surface area contributed by atoms with E-state index in [-0.39, 0.29) is 13.0 Å². The predicted octanol–water partition coefficient (Wildman–Crippen LogP) is -0.318. The fourth-order valence-corrected chi connectivity index (χ4v) is 1.45. The molecule has 84 valence electrons. The molecule has 0 amide bonds. The van der Waals surface area contributed by atoms with E-state index in [9.17, 15) is 15.3 Å². The summed E-state index contributed by atoms with van der Waals surface area (Å²) in [5, 5.41) is 32.1. The van der Waals surface area contributed by atoms with E-state index in [1.54, 1.807) is 0 Å². The highest BCUT2D eigenvalue weighted by Crippen LogP contribution is 2.28. The number of hydrogen-bond acceptors (Lipinski definition) is 5. The molecule has 1 saturated heterocycles. The molecule has 4 atom stereocenters. The number of nitrogens with zero attached hydrogens (tertiary/aromatic N) is 3. The average Bonchev–Trinajstić information content (AvgIpc) is 2.20. The van der Waals surface area contributed by atoms with Gasteiger partial charge in [-0.1, -0.05) is 11.2 Å². The molecule has 0 bridgehead atoms. The quantitative estimate of drug-likeness (QED) is 0.259. The van der Waals surface area contributed by atoms with Gasteiger partial charge in [0, 0.05) is 11.3 Å². The van der Waals surface area contributed by atoms with Crippen LogP contribution in [0.4, 0.5) is 0 Å². The second kappa shape index (κ2) is 4.61. The Balaban J connectivity index is 2.79. The maximum atomic E-state index is 9.76. The van der Waals surface area contributed by atoms with Crippen LogP contribution in [0.25, 0.3) is 10.4 Å². The molecule has 0 aromatic rings. The molecule has 0 aromatic heterocycles. The van der Waals surface area contributed by atoms with Crippen molar-refractivity contribution in [3.05, 3.63) is 23.1 Å². The molecule has 0 radical (unpaired) electrons. The average molecular weight is 215 g/mol. The third-order valence-electron chi connectivity index (χ3n) is 2.32. The Labute approximate surface area is 86.2 Å². The van der Waals surface area contributed by atoms with Gasteiger partial charge in [-0.05, 0) is 5.53 Å². The Morgan fingerprint density at radius 1 is 1.67 bits per heavy atom. The van der Waals surface area contributed by atoms with Gasteiger partial charge in [0.15, 0.2) is 5.79 Å². The minimum absolute atomic E-state index is 0.0196. The number of hydrogen-bond donors (Lipinski definition) is 3. The number of aliphatic hydroxyl groups is 3. The normalized spacial score (nSPS) is 40.6. The van der Waals surface area contributed by atoms with Crippen LogP contribution in [-0.4, -0.2) is 46.0 Å². The summed E-state index contributed by atoms with van der Waals surface area (Å²) in [5.41, 5.74) is 8.19. The van der Waals surface area contributed by atoms with E-state index >= 15 is 0 Å². The number of aliphatic hydroxyl groups excluding tert-OH is 2. The minimum Gasteiger partial charge on any atom is -0.390 e.